The molecule has 1 spiro atoms. The maximum Gasteiger partial charge on any atom is 0.410 e. The molecule has 98 valence electrons. The molecule has 2 saturated heterocycles. The smallest absolute Gasteiger partial charge is 0.410 e. The summed E-state index contributed by atoms with van der Waals surface area (Å²) in [6.45, 7) is 7.78. The molecule has 17 heavy (non-hydrogen) atoms. The summed E-state index contributed by atoms with van der Waals surface area (Å²) in [5.41, 5.74) is -0.563. The maximum absolute atomic E-state index is 11.9. The van der Waals surface area contributed by atoms with Crippen molar-refractivity contribution in [3.63, 3.8) is 0 Å². The van der Waals surface area contributed by atoms with E-state index in [2.05, 4.69) is 15.9 Å². The molecule has 2 fully saturated rings. The van der Waals surface area contributed by atoms with Crippen LogP contribution in [0.3, 0.4) is 0 Å². The molecule has 0 N–H and O–H groups in total. The van der Waals surface area contributed by atoms with E-state index in [0.29, 0.717) is 11.4 Å². The average Bonchev–Trinajstić information content (AvgIpc) is 2.72. The average molecular weight is 306 g/mol. The summed E-state index contributed by atoms with van der Waals surface area (Å²) in [7, 11) is 0. The van der Waals surface area contributed by atoms with Crippen molar-refractivity contribution in [3.8, 4) is 0 Å². The number of hydrogen-bond acceptors (Lipinski definition) is 3. The second-order valence-electron chi connectivity index (χ2n) is 5.95. The molecule has 0 aromatic rings. The number of nitrogens with zero attached hydrogens (tertiary/aromatic N) is 1. The van der Waals surface area contributed by atoms with Gasteiger partial charge in [0.05, 0.1) is 18.8 Å². The van der Waals surface area contributed by atoms with Crippen LogP contribution in [0.4, 0.5) is 4.79 Å². The molecule has 0 aliphatic carbocycles. The molecule has 0 bridgehead atoms. The van der Waals surface area contributed by atoms with Gasteiger partial charge in [-0.15, -0.1) is 0 Å². The van der Waals surface area contributed by atoms with Crippen molar-refractivity contribution < 1.29 is 14.3 Å². The van der Waals surface area contributed by atoms with E-state index in [0.717, 1.165) is 26.0 Å². The molecule has 5 heteroatoms. The molecule has 0 saturated carbocycles. The van der Waals surface area contributed by atoms with E-state index >= 15 is 0 Å². The summed E-state index contributed by atoms with van der Waals surface area (Å²) in [4.78, 5) is 14.1. The zero-order valence-corrected chi connectivity index (χ0v) is 12.2. The lowest BCUT2D eigenvalue weighted by atomic mass is 10.00. The number of carbonyl (C=O) groups excluding carboxylic acids is 1. The van der Waals surface area contributed by atoms with Gasteiger partial charge >= 0.3 is 6.09 Å². The Kier molecular flexibility index (Phi) is 3.42. The lowest BCUT2D eigenvalue weighted by Crippen LogP contribution is -2.39. The second-order valence-corrected chi connectivity index (χ2v) is 7.24. The monoisotopic (exact) mass is 305 g/mol. The van der Waals surface area contributed by atoms with Crippen LogP contribution in [0, 0.1) is 0 Å². The third kappa shape index (κ3) is 3.13. The zero-order valence-electron chi connectivity index (χ0n) is 10.7. The van der Waals surface area contributed by atoms with Crippen molar-refractivity contribution >= 4 is 22.0 Å². The van der Waals surface area contributed by atoms with E-state index in [1.165, 1.54) is 0 Å². The minimum atomic E-state index is -0.429. The Hall–Kier alpha value is -0.290. The van der Waals surface area contributed by atoms with Gasteiger partial charge in [-0.3, -0.25) is 0 Å². The lowest BCUT2D eigenvalue weighted by Gasteiger charge is -2.26. The van der Waals surface area contributed by atoms with E-state index in [9.17, 15) is 4.79 Å². The van der Waals surface area contributed by atoms with Gasteiger partial charge in [-0.25, -0.2) is 4.79 Å². The molecule has 2 heterocycles. The van der Waals surface area contributed by atoms with Crippen molar-refractivity contribution in [2.75, 3.05) is 19.7 Å². The van der Waals surface area contributed by atoms with Gasteiger partial charge in [0.25, 0.3) is 0 Å². The van der Waals surface area contributed by atoms with Crippen molar-refractivity contribution in [3.05, 3.63) is 0 Å². The van der Waals surface area contributed by atoms with Crippen LogP contribution >= 0.6 is 15.9 Å². The number of carbonyl (C=O) groups is 1. The van der Waals surface area contributed by atoms with Crippen LogP contribution in [0.5, 0.6) is 0 Å². The summed E-state index contributed by atoms with van der Waals surface area (Å²) in [6, 6.07) is 0. The lowest BCUT2D eigenvalue weighted by molar-refractivity contribution is 0.000755. The predicted octanol–water partition coefficient (Wildman–Crippen LogP) is 2.55. The zero-order chi connectivity index (χ0) is 12.7. The predicted molar refractivity (Wildman–Crippen MR) is 68.4 cm³/mol. The quantitative estimate of drug-likeness (QED) is 0.646. The number of halogens is 1. The second kappa shape index (κ2) is 4.43. The minimum Gasteiger partial charge on any atom is -0.444 e. The number of likely N-dealkylation sites (tertiary alicyclic amines) is 1. The largest absolute Gasteiger partial charge is 0.444 e. The van der Waals surface area contributed by atoms with E-state index in [1.54, 1.807) is 4.90 Å². The van der Waals surface area contributed by atoms with Crippen LogP contribution in [0.25, 0.3) is 0 Å². The molecule has 0 radical (unpaired) electrons. The summed E-state index contributed by atoms with van der Waals surface area (Å²) in [6.07, 6.45) is 1.66. The summed E-state index contributed by atoms with van der Waals surface area (Å²) >= 11 is 3.57. The molecule has 0 aromatic heterocycles. The highest BCUT2D eigenvalue weighted by molar-refractivity contribution is 9.09. The molecule has 2 unspecified atom stereocenters. The van der Waals surface area contributed by atoms with Gasteiger partial charge in [-0.1, -0.05) is 15.9 Å². The van der Waals surface area contributed by atoms with Crippen molar-refractivity contribution in [2.24, 2.45) is 0 Å². The van der Waals surface area contributed by atoms with Gasteiger partial charge in [0.2, 0.25) is 0 Å². The van der Waals surface area contributed by atoms with Gasteiger partial charge < -0.3 is 14.4 Å². The SMILES string of the molecule is CC(C)(C)OC(=O)N1CCC2(CC(Br)CO2)C1. The highest BCUT2D eigenvalue weighted by atomic mass is 79.9. The fraction of sp³-hybridized carbons (Fsp3) is 0.917. The van der Waals surface area contributed by atoms with Crippen LogP contribution in [-0.4, -0.2) is 46.7 Å². The van der Waals surface area contributed by atoms with Crippen LogP contribution in [-0.2, 0) is 9.47 Å². The highest BCUT2D eigenvalue weighted by Gasteiger charge is 2.46. The van der Waals surface area contributed by atoms with Crippen LogP contribution in [0.2, 0.25) is 0 Å². The van der Waals surface area contributed by atoms with Crippen LogP contribution in [0.1, 0.15) is 33.6 Å². The van der Waals surface area contributed by atoms with Crippen LogP contribution < -0.4 is 0 Å². The first kappa shape index (κ1) is 13.1. The van der Waals surface area contributed by atoms with Gasteiger partial charge in [0, 0.05) is 11.4 Å². The van der Waals surface area contributed by atoms with E-state index in [4.69, 9.17) is 9.47 Å². The third-order valence-electron chi connectivity index (χ3n) is 3.13. The van der Waals surface area contributed by atoms with Gasteiger partial charge in [0.15, 0.2) is 0 Å². The molecular formula is C12H20BrNO3. The molecule has 2 aliphatic heterocycles. The molecular weight excluding hydrogens is 286 g/mol. The maximum atomic E-state index is 11.9. The van der Waals surface area contributed by atoms with E-state index in [1.807, 2.05) is 20.8 Å². The topological polar surface area (TPSA) is 38.8 Å². The summed E-state index contributed by atoms with van der Waals surface area (Å²) < 4.78 is 11.2. The van der Waals surface area contributed by atoms with Crippen molar-refractivity contribution in [2.45, 2.75) is 49.6 Å². The van der Waals surface area contributed by atoms with Crippen LogP contribution in [0.15, 0.2) is 0 Å². The first-order valence-corrected chi connectivity index (χ1v) is 6.97. The third-order valence-corrected chi connectivity index (χ3v) is 3.72. The first-order chi connectivity index (χ1) is 7.80. The Balaban J connectivity index is 1.92. The Morgan fingerprint density at radius 1 is 1.53 bits per heavy atom. The number of hydrogen-bond donors (Lipinski definition) is 0. The number of rotatable bonds is 0. The highest BCUT2D eigenvalue weighted by Crippen LogP contribution is 2.37. The standard InChI is InChI=1S/C12H20BrNO3/c1-11(2,3)17-10(15)14-5-4-12(8-14)6-9(13)7-16-12/h9H,4-8H2,1-3H3. The fourth-order valence-corrected chi connectivity index (χ4v) is 3.12. The summed E-state index contributed by atoms with van der Waals surface area (Å²) in [5.74, 6) is 0. The van der Waals surface area contributed by atoms with Gasteiger partial charge in [-0.2, -0.15) is 0 Å². The number of ether oxygens (including phenoxy) is 2. The Bertz CT molecular complexity index is 315. The van der Waals surface area contributed by atoms with Gasteiger partial charge in [-0.05, 0) is 33.6 Å². The summed E-state index contributed by atoms with van der Waals surface area (Å²) in [5, 5.41) is 0. The molecule has 0 aromatic carbocycles. The van der Waals surface area contributed by atoms with E-state index < -0.39 is 5.60 Å². The Morgan fingerprint density at radius 2 is 2.24 bits per heavy atom. The first-order valence-electron chi connectivity index (χ1n) is 6.06. The molecule has 2 aliphatic rings. The molecule has 2 atom stereocenters. The van der Waals surface area contributed by atoms with Crippen molar-refractivity contribution in [1.29, 1.82) is 0 Å². The fourth-order valence-electron chi connectivity index (χ4n) is 2.40. The molecule has 1 amide bonds. The normalized spacial score (nSPS) is 33.4. The Morgan fingerprint density at radius 3 is 2.76 bits per heavy atom. The number of amides is 1. The van der Waals surface area contributed by atoms with E-state index in [-0.39, 0.29) is 11.7 Å². The molecule has 2 rings (SSSR count). The number of alkyl halides is 1. The van der Waals surface area contributed by atoms with Gasteiger partial charge in [0.1, 0.15) is 5.60 Å². The van der Waals surface area contributed by atoms with Crippen molar-refractivity contribution in [1.82, 2.24) is 4.90 Å². The minimum absolute atomic E-state index is 0.134. The Labute approximate surface area is 111 Å². The molecule has 4 nitrogen and oxygen atoms in total.